The summed E-state index contributed by atoms with van der Waals surface area (Å²) in [7, 11) is 0. The van der Waals surface area contributed by atoms with Gasteiger partial charge in [0.15, 0.2) is 0 Å². The van der Waals surface area contributed by atoms with Crippen LogP contribution in [0.1, 0.15) is 75.1 Å². The van der Waals surface area contributed by atoms with E-state index >= 15 is 0 Å². The Labute approximate surface area is 294 Å². The molecule has 0 unspecified atom stereocenters. The number of nitrogens with zero attached hydrogens (tertiary/aromatic N) is 2. The molecule has 6 aromatic carbocycles. The lowest BCUT2D eigenvalue weighted by Crippen LogP contribution is -2.59. The predicted molar refractivity (Wildman–Crippen MR) is 210 cm³/mol. The van der Waals surface area contributed by atoms with E-state index in [-0.39, 0.29) is 23.1 Å². The van der Waals surface area contributed by atoms with Gasteiger partial charge in [0.25, 0.3) is 0 Å². The van der Waals surface area contributed by atoms with E-state index < -0.39 is 0 Å². The van der Waals surface area contributed by atoms with Crippen LogP contribution in [0.2, 0.25) is 0 Å². The van der Waals surface area contributed by atoms with Gasteiger partial charge >= 0.3 is 6.85 Å². The van der Waals surface area contributed by atoms with Crippen LogP contribution in [-0.4, -0.2) is 11.3 Å². The maximum absolute atomic E-state index is 2.81. The zero-order valence-electron chi connectivity index (χ0n) is 29.4. The molecule has 7 aromatic rings. The second-order valence-electron chi connectivity index (χ2n) is 16.9. The molecule has 0 fully saturated rings. The van der Waals surface area contributed by atoms with Crippen LogP contribution < -0.4 is 15.8 Å². The highest BCUT2D eigenvalue weighted by Gasteiger charge is 2.53. The van der Waals surface area contributed by atoms with Gasteiger partial charge in [-0.1, -0.05) is 145 Å². The Morgan fingerprint density at radius 3 is 1.94 bits per heavy atom. The zero-order chi connectivity index (χ0) is 33.6. The van der Waals surface area contributed by atoms with E-state index in [1.54, 1.807) is 0 Å². The molecule has 0 atom stereocenters. The number of benzene rings is 6. The zero-order valence-corrected chi connectivity index (χ0v) is 29.4. The lowest BCUT2D eigenvalue weighted by molar-refractivity contribution is 0.629. The first-order chi connectivity index (χ1) is 24.1. The van der Waals surface area contributed by atoms with Crippen LogP contribution in [0.5, 0.6) is 0 Å². The third kappa shape index (κ3) is 2.77. The monoisotopic (exact) mass is 640 g/mol. The summed E-state index contributed by atoms with van der Waals surface area (Å²) in [5.74, 6) is 0. The van der Waals surface area contributed by atoms with Crippen LogP contribution in [0.3, 0.4) is 0 Å². The normalized spacial score (nSPS) is 17.8. The molecule has 5 aliphatic rings. The number of aromatic nitrogens is 1. The van der Waals surface area contributed by atoms with E-state index in [4.69, 9.17) is 0 Å². The minimum Gasteiger partial charge on any atom is -0.378 e. The molecule has 0 bridgehead atoms. The van der Waals surface area contributed by atoms with Crippen molar-refractivity contribution in [1.29, 1.82) is 0 Å². The van der Waals surface area contributed by atoms with Crippen LogP contribution in [0.25, 0.3) is 44.3 Å². The molecule has 2 nitrogen and oxygen atoms in total. The highest BCUT2D eigenvalue weighted by Crippen LogP contribution is 2.61. The van der Waals surface area contributed by atoms with Gasteiger partial charge in [0.05, 0.1) is 5.69 Å². The molecule has 4 heterocycles. The predicted octanol–water partition coefficient (Wildman–Crippen LogP) is 10.3. The van der Waals surface area contributed by atoms with Crippen molar-refractivity contribution < 1.29 is 0 Å². The van der Waals surface area contributed by atoms with Crippen molar-refractivity contribution in [3.8, 4) is 33.4 Å². The maximum Gasteiger partial charge on any atom is 0.332 e. The fraction of sp³-hybridized carbons (Fsp3) is 0.191. The molecular weight excluding hydrogens is 603 g/mol. The molecule has 0 spiro atoms. The Morgan fingerprint density at radius 1 is 0.500 bits per heavy atom. The van der Waals surface area contributed by atoms with Crippen LogP contribution in [0.15, 0.2) is 115 Å². The molecule has 0 N–H and O–H groups in total. The van der Waals surface area contributed by atoms with Crippen LogP contribution >= 0.6 is 0 Å². The van der Waals surface area contributed by atoms with Gasteiger partial charge in [-0.3, -0.25) is 0 Å². The van der Waals surface area contributed by atoms with E-state index in [9.17, 15) is 0 Å². The fourth-order valence-electron chi connectivity index (χ4n) is 11.4. The standard InChI is InChI=1S/C47H37BN2/c1-45(2)33-21-11-12-24-36(33)49-37-25-30-26-15-7-9-19-31(26)46(3,4)40(30)39-29-18-13-17-28-38-27-16-8-10-20-32(27)47(5,6)44(38)50(42(28)29)48(41(37)39)35-23-14-22-34(45)43(35)49/h7-25H,1-6H3. The van der Waals surface area contributed by atoms with Crippen LogP contribution in [0.4, 0.5) is 17.1 Å². The summed E-state index contributed by atoms with van der Waals surface area (Å²) in [6.45, 7) is 14.7. The molecule has 1 aromatic heterocycles. The minimum atomic E-state index is -0.149. The van der Waals surface area contributed by atoms with Gasteiger partial charge in [-0.25, -0.2) is 0 Å². The summed E-state index contributed by atoms with van der Waals surface area (Å²) in [6.07, 6.45) is 0. The number of rotatable bonds is 0. The SMILES string of the molecule is CC1(C)c2ccccc2N2c3cc4c(c5c3B(c3cccc1c32)n1c2c(c3cccc-5c31)-c1ccccc1C2(C)C)C(C)(C)c1ccccc1-4. The highest BCUT2D eigenvalue weighted by atomic mass is 15.2. The van der Waals surface area contributed by atoms with E-state index in [2.05, 4.69) is 166 Å². The largest absolute Gasteiger partial charge is 0.378 e. The Bertz CT molecular complexity index is 2760. The first kappa shape index (κ1) is 27.5. The summed E-state index contributed by atoms with van der Waals surface area (Å²) >= 11 is 0. The number of fused-ring (bicyclic) bond motifs is 15. The van der Waals surface area contributed by atoms with Crippen molar-refractivity contribution in [3.63, 3.8) is 0 Å². The number of para-hydroxylation sites is 3. The van der Waals surface area contributed by atoms with E-state index in [0.717, 1.165) is 0 Å². The lowest BCUT2D eigenvalue weighted by Gasteiger charge is -2.49. The third-order valence-corrected chi connectivity index (χ3v) is 13.5. The summed E-state index contributed by atoms with van der Waals surface area (Å²) in [5.41, 5.74) is 24.8. The smallest absolute Gasteiger partial charge is 0.332 e. The van der Waals surface area contributed by atoms with Crippen molar-refractivity contribution in [2.75, 3.05) is 4.90 Å². The summed E-state index contributed by atoms with van der Waals surface area (Å²) in [4.78, 5) is 2.66. The Balaban J connectivity index is 1.33. The Hall–Kier alpha value is -5.28. The third-order valence-electron chi connectivity index (χ3n) is 13.5. The number of anilines is 3. The number of hydrogen-bond acceptors (Lipinski definition) is 1. The van der Waals surface area contributed by atoms with Crippen molar-refractivity contribution in [2.24, 2.45) is 0 Å². The van der Waals surface area contributed by atoms with Gasteiger partial charge < -0.3 is 9.38 Å². The van der Waals surface area contributed by atoms with E-state index in [1.165, 1.54) is 106 Å². The van der Waals surface area contributed by atoms with Crippen LogP contribution in [-0.2, 0) is 16.2 Å². The van der Waals surface area contributed by atoms with Crippen LogP contribution in [0, 0.1) is 0 Å². The van der Waals surface area contributed by atoms with Crippen molar-refractivity contribution >= 4 is 45.7 Å². The minimum absolute atomic E-state index is 0.0480. The molecule has 3 aliphatic heterocycles. The summed E-state index contributed by atoms with van der Waals surface area (Å²) in [6, 6.07) is 44.4. The molecule has 238 valence electrons. The Morgan fingerprint density at radius 2 is 1.14 bits per heavy atom. The molecule has 12 rings (SSSR count). The molecule has 0 saturated carbocycles. The fourth-order valence-corrected chi connectivity index (χ4v) is 11.4. The molecule has 0 amide bonds. The van der Waals surface area contributed by atoms with Crippen molar-refractivity contribution in [2.45, 2.75) is 57.8 Å². The first-order valence-corrected chi connectivity index (χ1v) is 18.3. The Kier molecular flexibility index (Phi) is 4.60. The van der Waals surface area contributed by atoms with Crippen molar-refractivity contribution in [3.05, 3.63) is 149 Å². The average Bonchev–Trinajstić information content (AvgIpc) is 3.68. The second kappa shape index (κ2) is 8.36. The lowest BCUT2D eigenvalue weighted by atomic mass is 9.43. The summed E-state index contributed by atoms with van der Waals surface area (Å²) in [5, 5.41) is 1.38. The molecule has 50 heavy (non-hydrogen) atoms. The van der Waals surface area contributed by atoms with Gasteiger partial charge in [-0.05, 0) is 73.1 Å². The second-order valence-corrected chi connectivity index (χ2v) is 16.9. The molecule has 2 aliphatic carbocycles. The van der Waals surface area contributed by atoms with Gasteiger partial charge in [0.2, 0.25) is 0 Å². The van der Waals surface area contributed by atoms with Gasteiger partial charge in [-0.15, -0.1) is 0 Å². The topological polar surface area (TPSA) is 8.17 Å². The summed E-state index contributed by atoms with van der Waals surface area (Å²) < 4.78 is 2.81. The van der Waals surface area contributed by atoms with Gasteiger partial charge in [0, 0.05) is 55.3 Å². The molecule has 3 heteroatoms. The van der Waals surface area contributed by atoms with Gasteiger partial charge in [-0.2, -0.15) is 0 Å². The van der Waals surface area contributed by atoms with E-state index in [1.807, 2.05) is 0 Å². The molecule has 0 saturated heterocycles. The first-order valence-electron chi connectivity index (χ1n) is 18.3. The molecular formula is C47H37BN2. The highest BCUT2D eigenvalue weighted by molar-refractivity contribution is 6.89. The average molecular weight is 641 g/mol. The number of hydrogen-bond donors (Lipinski definition) is 0. The van der Waals surface area contributed by atoms with Crippen molar-refractivity contribution in [1.82, 2.24) is 4.48 Å². The van der Waals surface area contributed by atoms with E-state index in [0.29, 0.717) is 0 Å². The quantitative estimate of drug-likeness (QED) is 0.150. The molecule has 0 radical (unpaired) electrons. The maximum atomic E-state index is 2.81. The van der Waals surface area contributed by atoms with Gasteiger partial charge in [0.1, 0.15) is 0 Å².